The van der Waals surface area contributed by atoms with Crippen LogP contribution in [0.3, 0.4) is 0 Å². The van der Waals surface area contributed by atoms with Crippen LogP contribution in [0.4, 0.5) is 13.6 Å². The number of nitrogens with one attached hydrogen (secondary N) is 1. The van der Waals surface area contributed by atoms with E-state index in [1.54, 1.807) is 18.2 Å². The van der Waals surface area contributed by atoms with Gasteiger partial charge in [-0.1, -0.05) is 34.1 Å². The number of carbonyl (C=O) groups excluding carboxylic acids is 2. The van der Waals surface area contributed by atoms with E-state index in [0.717, 1.165) is 33.1 Å². The average Bonchev–Trinajstić information content (AvgIpc) is 2.76. The molecular weight excluding hydrogens is 382 g/mol. The molecule has 0 saturated carbocycles. The van der Waals surface area contributed by atoms with Crippen LogP contribution in [0.2, 0.25) is 0 Å². The van der Waals surface area contributed by atoms with Crippen LogP contribution in [0.15, 0.2) is 46.9 Å². The molecule has 0 aromatic heterocycles. The van der Waals surface area contributed by atoms with Gasteiger partial charge in [0.1, 0.15) is 17.2 Å². The minimum Gasteiger partial charge on any atom is -0.319 e. The van der Waals surface area contributed by atoms with Gasteiger partial charge in [-0.25, -0.2) is 13.6 Å². The van der Waals surface area contributed by atoms with Crippen LogP contribution in [0.25, 0.3) is 0 Å². The summed E-state index contributed by atoms with van der Waals surface area (Å²) in [4.78, 5) is 26.0. The van der Waals surface area contributed by atoms with Crippen molar-refractivity contribution in [2.45, 2.75) is 19.0 Å². The molecule has 1 aliphatic heterocycles. The number of amides is 3. The lowest BCUT2D eigenvalue weighted by molar-refractivity contribution is -0.131. The highest BCUT2D eigenvalue weighted by Gasteiger charge is 2.50. The van der Waals surface area contributed by atoms with Crippen molar-refractivity contribution in [3.8, 4) is 0 Å². The van der Waals surface area contributed by atoms with E-state index < -0.39 is 29.1 Å². The third-order valence-corrected chi connectivity index (χ3v) is 4.80. The van der Waals surface area contributed by atoms with E-state index in [-0.39, 0.29) is 12.1 Å². The summed E-state index contributed by atoms with van der Waals surface area (Å²) in [5, 5.41) is 2.47. The summed E-state index contributed by atoms with van der Waals surface area (Å²) >= 11 is 3.36. The van der Waals surface area contributed by atoms with Crippen LogP contribution < -0.4 is 5.32 Å². The summed E-state index contributed by atoms with van der Waals surface area (Å²) in [5.74, 6) is -2.07. The zero-order chi connectivity index (χ0) is 17.5. The fourth-order valence-electron chi connectivity index (χ4n) is 2.70. The molecule has 1 fully saturated rings. The largest absolute Gasteiger partial charge is 0.325 e. The molecule has 7 heteroatoms. The molecule has 0 radical (unpaired) electrons. The molecule has 4 nitrogen and oxygen atoms in total. The second-order valence-corrected chi connectivity index (χ2v) is 6.52. The third-order valence-electron chi connectivity index (χ3n) is 4.03. The van der Waals surface area contributed by atoms with Gasteiger partial charge in [-0.15, -0.1) is 0 Å². The van der Waals surface area contributed by atoms with Gasteiger partial charge in [-0.05, 0) is 36.8 Å². The first-order chi connectivity index (χ1) is 11.3. The van der Waals surface area contributed by atoms with E-state index >= 15 is 0 Å². The van der Waals surface area contributed by atoms with E-state index in [0.29, 0.717) is 0 Å². The van der Waals surface area contributed by atoms with E-state index in [9.17, 15) is 18.4 Å². The molecule has 0 aliphatic carbocycles. The molecule has 0 spiro atoms. The molecule has 1 aliphatic rings. The molecule has 3 amide bonds. The molecule has 0 unspecified atom stereocenters. The Bertz CT molecular complexity index is 843. The van der Waals surface area contributed by atoms with Crippen molar-refractivity contribution < 1.29 is 18.4 Å². The number of urea groups is 1. The number of nitrogens with zero attached hydrogens (tertiary/aromatic N) is 1. The first-order valence-corrected chi connectivity index (χ1v) is 7.95. The summed E-state index contributed by atoms with van der Waals surface area (Å²) in [5.41, 5.74) is -1.12. The molecule has 1 atom stereocenters. The zero-order valence-corrected chi connectivity index (χ0v) is 14.2. The van der Waals surface area contributed by atoms with Gasteiger partial charge in [0.05, 0.1) is 6.54 Å². The molecule has 24 heavy (non-hydrogen) atoms. The molecule has 1 heterocycles. The van der Waals surface area contributed by atoms with Crippen molar-refractivity contribution in [3.63, 3.8) is 0 Å². The first-order valence-electron chi connectivity index (χ1n) is 7.16. The van der Waals surface area contributed by atoms with Crippen molar-refractivity contribution in [1.29, 1.82) is 0 Å². The fourth-order valence-corrected chi connectivity index (χ4v) is 3.11. The first kappa shape index (κ1) is 16.6. The Balaban J connectivity index is 1.96. The number of hydrogen-bond donors (Lipinski definition) is 1. The highest BCUT2D eigenvalue weighted by Crippen LogP contribution is 2.32. The maximum absolute atomic E-state index is 14.1. The predicted molar refractivity (Wildman–Crippen MR) is 86.9 cm³/mol. The summed E-state index contributed by atoms with van der Waals surface area (Å²) in [7, 11) is 0. The number of halogens is 3. The summed E-state index contributed by atoms with van der Waals surface area (Å²) in [6, 6.07) is 9.32. The lowest BCUT2D eigenvalue weighted by atomic mass is 9.91. The van der Waals surface area contributed by atoms with Gasteiger partial charge in [0.2, 0.25) is 0 Å². The molecule has 0 bridgehead atoms. The lowest BCUT2D eigenvalue weighted by Crippen LogP contribution is -2.41. The van der Waals surface area contributed by atoms with Crippen molar-refractivity contribution in [1.82, 2.24) is 10.2 Å². The van der Waals surface area contributed by atoms with Crippen molar-refractivity contribution >= 4 is 27.9 Å². The smallest absolute Gasteiger partial charge is 0.319 e. The van der Waals surface area contributed by atoms with Gasteiger partial charge in [0.25, 0.3) is 5.91 Å². The number of carbonyl (C=O) groups is 2. The van der Waals surface area contributed by atoms with E-state index in [1.165, 1.54) is 6.92 Å². The minimum atomic E-state index is -1.65. The lowest BCUT2D eigenvalue weighted by Gasteiger charge is -2.23. The quantitative estimate of drug-likeness (QED) is 0.806. The number of imide groups is 1. The minimum absolute atomic E-state index is 0.0264. The molecule has 3 rings (SSSR count). The third kappa shape index (κ3) is 2.69. The molecule has 1 saturated heterocycles. The SMILES string of the molecule is C[C@]1(c2cc(F)ccc2F)NC(=O)N(Cc2ccccc2Br)C1=O. The molecule has 124 valence electrons. The van der Waals surface area contributed by atoms with Gasteiger partial charge in [0, 0.05) is 10.0 Å². The van der Waals surface area contributed by atoms with Crippen LogP contribution >= 0.6 is 15.9 Å². The average molecular weight is 395 g/mol. The highest BCUT2D eigenvalue weighted by molar-refractivity contribution is 9.10. The predicted octanol–water partition coefficient (Wildman–Crippen LogP) is 3.69. The second kappa shape index (κ2) is 5.98. The van der Waals surface area contributed by atoms with Gasteiger partial charge in [0.15, 0.2) is 0 Å². The Morgan fingerprint density at radius 3 is 2.58 bits per heavy atom. The van der Waals surface area contributed by atoms with Gasteiger partial charge in [-0.3, -0.25) is 9.69 Å². The number of hydrogen-bond acceptors (Lipinski definition) is 2. The van der Waals surface area contributed by atoms with E-state index in [1.807, 2.05) is 6.07 Å². The van der Waals surface area contributed by atoms with E-state index in [4.69, 9.17) is 0 Å². The second-order valence-electron chi connectivity index (χ2n) is 5.66. The Morgan fingerprint density at radius 1 is 1.17 bits per heavy atom. The topological polar surface area (TPSA) is 49.4 Å². The molecule has 2 aromatic rings. The van der Waals surface area contributed by atoms with Crippen LogP contribution in [0.5, 0.6) is 0 Å². The van der Waals surface area contributed by atoms with Gasteiger partial charge < -0.3 is 5.32 Å². The molecular formula is C17H13BrF2N2O2. The Morgan fingerprint density at radius 2 is 1.88 bits per heavy atom. The Hall–Kier alpha value is -2.28. The monoisotopic (exact) mass is 394 g/mol. The normalized spacial score (nSPS) is 20.4. The summed E-state index contributed by atoms with van der Waals surface area (Å²) in [6.45, 7) is 1.39. The van der Waals surface area contributed by atoms with Crippen molar-refractivity contribution in [2.75, 3.05) is 0 Å². The molecule has 1 N–H and O–H groups in total. The standard InChI is InChI=1S/C17H13BrF2N2O2/c1-17(12-8-11(19)6-7-14(12)20)15(23)22(16(24)21-17)9-10-4-2-3-5-13(10)18/h2-8H,9H2,1H3,(H,21,24)/t17-/m1/s1. The van der Waals surface area contributed by atoms with Gasteiger partial charge >= 0.3 is 6.03 Å². The highest BCUT2D eigenvalue weighted by atomic mass is 79.9. The summed E-state index contributed by atoms with van der Waals surface area (Å²) in [6.07, 6.45) is 0. The van der Waals surface area contributed by atoms with Gasteiger partial charge in [-0.2, -0.15) is 0 Å². The fraction of sp³-hybridized carbons (Fsp3) is 0.176. The van der Waals surface area contributed by atoms with Crippen molar-refractivity contribution in [2.24, 2.45) is 0 Å². The Kier molecular flexibility index (Phi) is 4.13. The van der Waals surface area contributed by atoms with Crippen molar-refractivity contribution in [3.05, 3.63) is 69.7 Å². The number of rotatable bonds is 3. The van der Waals surface area contributed by atoms with E-state index in [2.05, 4.69) is 21.2 Å². The maximum atomic E-state index is 14.1. The van der Waals surface area contributed by atoms with Crippen LogP contribution in [-0.4, -0.2) is 16.8 Å². The van der Waals surface area contributed by atoms with Crippen LogP contribution in [-0.2, 0) is 16.9 Å². The van der Waals surface area contributed by atoms with Crippen LogP contribution in [0.1, 0.15) is 18.1 Å². The Labute approximate surface area is 145 Å². The van der Waals surface area contributed by atoms with Crippen LogP contribution in [0, 0.1) is 11.6 Å². The molecule has 2 aromatic carbocycles. The maximum Gasteiger partial charge on any atom is 0.325 e. The number of benzene rings is 2. The summed E-state index contributed by atoms with van der Waals surface area (Å²) < 4.78 is 28.3. The zero-order valence-electron chi connectivity index (χ0n) is 12.6.